The van der Waals surface area contributed by atoms with Crippen LogP contribution < -0.4 is 0 Å². The van der Waals surface area contributed by atoms with Crippen LogP contribution in [0.4, 0.5) is 0 Å². The van der Waals surface area contributed by atoms with Crippen molar-refractivity contribution in [2.75, 3.05) is 0 Å². The minimum Gasteiger partial charge on any atom is -0.481 e. The molecule has 1 saturated carbocycles. The molecule has 1 aliphatic carbocycles. The van der Waals surface area contributed by atoms with Gasteiger partial charge in [-0.3, -0.25) is 9.59 Å². The quantitative estimate of drug-likeness (QED) is 0.383. The Morgan fingerprint density at radius 2 is 1.79 bits per heavy atom. The molecule has 0 aromatic heterocycles. The van der Waals surface area contributed by atoms with E-state index in [2.05, 4.69) is 19.1 Å². The highest BCUT2D eigenvalue weighted by Gasteiger charge is 2.33. The van der Waals surface area contributed by atoms with E-state index < -0.39 is 5.97 Å². The largest absolute Gasteiger partial charge is 0.481 e. The van der Waals surface area contributed by atoms with E-state index >= 15 is 0 Å². The maximum absolute atomic E-state index is 12.1. The molecule has 0 bridgehead atoms. The number of ketones is 1. The fraction of sp³-hybridized carbons (Fsp3) is 0.800. The molecule has 0 amide bonds. The summed E-state index contributed by atoms with van der Waals surface area (Å²) >= 11 is 0. The first-order valence-electron chi connectivity index (χ1n) is 9.62. The third-order valence-corrected chi connectivity index (χ3v) is 4.99. The first-order valence-corrected chi connectivity index (χ1v) is 9.62. The molecule has 138 valence electrons. The second-order valence-electron chi connectivity index (χ2n) is 7.10. The van der Waals surface area contributed by atoms with Gasteiger partial charge >= 0.3 is 5.97 Å². The fourth-order valence-electron chi connectivity index (χ4n) is 3.54. The lowest BCUT2D eigenvalue weighted by Crippen LogP contribution is -2.19. The van der Waals surface area contributed by atoms with Gasteiger partial charge in [0.2, 0.25) is 0 Å². The Labute approximate surface area is 146 Å². The zero-order chi connectivity index (χ0) is 17.8. The number of rotatable bonds is 13. The minimum atomic E-state index is -0.800. The molecule has 1 unspecified atom stereocenters. The SMILES string of the molecule is CCCCCC/C=C/C1[C@@H](CC(=O)CCCCC(=O)O)CC[C@H]1O. The molecule has 1 aliphatic rings. The molecule has 0 aromatic carbocycles. The van der Waals surface area contributed by atoms with Crippen LogP contribution in [0.1, 0.15) is 84.0 Å². The number of hydrogen-bond donors (Lipinski definition) is 2. The van der Waals surface area contributed by atoms with Crippen LogP contribution in [0.3, 0.4) is 0 Å². The fourth-order valence-corrected chi connectivity index (χ4v) is 3.54. The second-order valence-corrected chi connectivity index (χ2v) is 7.10. The average Bonchev–Trinajstić information content (AvgIpc) is 2.87. The first kappa shape index (κ1) is 20.9. The Balaban J connectivity index is 2.30. The number of aliphatic hydroxyl groups excluding tert-OH is 1. The van der Waals surface area contributed by atoms with Gasteiger partial charge in [0.05, 0.1) is 6.10 Å². The van der Waals surface area contributed by atoms with Crippen LogP contribution in [0.5, 0.6) is 0 Å². The Hall–Kier alpha value is -1.16. The zero-order valence-electron chi connectivity index (χ0n) is 15.1. The summed E-state index contributed by atoms with van der Waals surface area (Å²) in [6.45, 7) is 2.20. The van der Waals surface area contributed by atoms with Crippen molar-refractivity contribution in [2.24, 2.45) is 11.8 Å². The number of carboxylic acid groups (broad SMARTS) is 1. The van der Waals surface area contributed by atoms with Gasteiger partial charge in [-0.15, -0.1) is 0 Å². The van der Waals surface area contributed by atoms with Gasteiger partial charge in [0.15, 0.2) is 0 Å². The lowest BCUT2D eigenvalue weighted by molar-refractivity contribution is -0.137. The summed E-state index contributed by atoms with van der Waals surface area (Å²) in [5.74, 6) is -0.232. The van der Waals surface area contributed by atoms with Gasteiger partial charge in [-0.2, -0.15) is 0 Å². The molecule has 0 aromatic rings. The number of carbonyl (C=O) groups excluding carboxylic acids is 1. The number of hydrogen-bond acceptors (Lipinski definition) is 3. The molecule has 4 heteroatoms. The highest BCUT2D eigenvalue weighted by atomic mass is 16.4. The molecule has 1 rings (SSSR count). The van der Waals surface area contributed by atoms with E-state index in [0.717, 1.165) is 19.3 Å². The lowest BCUT2D eigenvalue weighted by atomic mass is 9.88. The summed E-state index contributed by atoms with van der Waals surface area (Å²) in [6, 6.07) is 0. The van der Waals surface area contributed by atoms with Gasteiger partial charge in [0, 0.05) is 25.2 Å². The van der Waals surface area contributed by atoms with Crippen molar-refractivity contribution in [3.05, 3.63) is 12.2 Å². The Bertz CT molecular complexity index is 402. The van der Waals surface area contributed by atoms with Crippen molar-refractivity contribution in [1.82, 2.24) is 0 Å². The van der Waals surface area contributed by atoms with Crippen LogP contribution in [0.2, 0.25) is 0 Å². The van der Waals surface area contributed by atoms with Crippen LogP contribution in [-0.2, 0) is 9.59 Å². The molecule has 0 aliphatic heterocycles. The van der Waals surface area contributed by atoms with Crippen molar-refractivity contribution in [1.29, 1.82) is 0 Å². The number of aliphatic carboxylic acids is 1. The number of unbranched alkanes of at least 4 members (excludes halogenated alkanes) is 5. The summed E-state index contributed by atoms with van der Waals surface area (Å²) in [4.78, 5) is 22.6. The molecule has 4 nitrogen and oxygen atoms in total. The molecule has 2 N–H and O–H groups in total. The first-order chi connectivity index (χ1) is 11.5. The van der Waals surface area contributed by atoms with Gasteiger partial charge in [-0.1, -0.05) is 38.3 Å². The number of Topliss-reactive ketones (excluding diaryl/α,β-unsaturated/α-hetero) is 1. The standard InChI is InChI=1S/C20H34O4/c1-2-3-4-5-6-7-11-18-16(13-14-19(18)22)15-17(21)10-8-9-12-20(23)24/h7,11,16,18-19,22H,2-6,8-10,12-15H2,1H3,(H,23,24)/b11-7+/t16-,18?,19-/m1/s1. The molecule has 3 atom stereocenters. The van der Waals surface area contributed by atoms with Gasteiger partial charge in [0.25, 0.3) is 0 Å². The molecule has 0 saturated heterocycles. The van der Waals surface area contributed by atoms with Crippen molar-refractivity contribution in [2.45, 2.75) is 90.1 Å². The lowest BCUT2D eigenvalue weighted by Gasteiger charge is -2.18. The molecule has 24 heavy (non-hydrogen) atoms. The number of aliphatic hydroxyl groups is 1. The molecule has 1 fully saturated rings. The number of carbonyl (C=O) groups is 2. The van der Waals surface area contributed by atoms with E-state index in [-0.39, 0.29) is 30.1 Å². The van der Waals surface area contributed by atoms with Crippen LogP contribution in [0.25, 0.3) is 0 Å². The normalized spacial score (nSPS) is 23.8. The van der Waals surface area contributed by atoms with Crippen LogP contribution >= 0.6 is 0 Å². The van der Waals surface area contributed by atoms with Crippen molar-refractivity contribution >= 4 is 11.8 Å². The van der Waals surface area contributed by atoms with E-state index in [4.69, 9.17) is 5.11 Å². The summed E-state index contributed by atoms with van der Waals surface area (Å²) in [7, 11) is 0. The predicted molar refractivity (Wildman–Crippen MR) is 95.8 cm³/mol. The average molecular weight is 338 g/mol. The van der Waals surface area contributed by atoms with E-state index in [1.54, 1.807) is 0 Å². The molecule has 0 radical (unpaired) electrons. The van der Waals surface area contributed by atoms with Crippen molar-refractivity contribution in [3.63, 3.8) is 0 Å². The summed E-state index contributed by atoms with van der Waals surface area (Å²) in [5, 5.41) is 18.8. The maximum atomic E-state index is 12.1. The van der Waals surface area contributed by atoms with Crippen LogP contribution in [0, 0.1) is 11.8 Å². The highest BCUT2D eigenvalue weighted by molar-refractivity contribution is 5.78. The molecular formula is C20H34O4. The van der Waals surface area contributed by atoms with E-state index in [1.807, 2.05) is 0 Å². The Kier molecular flexibility index (Phi) is 10.6. The van der Waals surface area contributed by atoms with E-state index in [0.29, 0.717) is 25.7 Å². The van der Waals surface area contributed by atoms with Crippen molar-refractivity contribution in [3.8, 4) is 0 Å². The van der Waals surface area contributed by atoms with Crippen molar-refractivity contribution < 1.29 is 19.8 Å². The van der Waals surface area contributed by atoms with Gasteiger partial charge in [-0.05, 0) is 44.4 Å². The van der Waals surface area contributed by atoms with Gasteiger partial charge in [0.1, 0.15) is 5.78 Å². The van der Waals surface area contributed by atoms with Gasteiger partial charge in [-0.25, -0.2) is 0 Å². The Morgan fingerprint density at radius 3 is 2.50 bits per heavy atom. The highest BCUT2D eigenvalue weighted by Crippen LogP contribution is 2.36. The summed E-state index contributed by atoms with van der Waals surface area (Å²) in [5.41, 5.74) is 0. The van der Waals surface area contributed by atoms with Crippen LogP contribution in [-0.4, -0.2) is 28.1 Å². The smallest absolute Gasteiger partial charge is 0.303 e. The summed E-state index contributed by atoms with van der Waals surface area (Å²) in [6.07, 6.45) is 14.0. The second kappa shape index (κ2) is 12.2. The Morgan fingerprint density at radius 1 is 1.04 bits per heavy atom. The summed E-state index contributed by atoms with van der Waals surface area (Å²) < 4.78 is 0. The maximum Gasteiger partial charge on any atom is 0.303 e. The zero-order valence-corrected chi connectivity index (χ0v) is 15.1. The number of allylic oxidation sites excluding steroid dienone is 1. The van der Waals surface area contributed by atoms with Crippen LogP contribution in [0.15, 0.2) is 12.2 Å². The molecular weight excluding hydrogens is 304 g/mol. The topological polar surface area (TPSA) is 74.6 Å². The third-order valence-electron chi connectivity index (χ3n) is 4.99. The predicted octanol–water partition coefficient (Wildman–Crippen LogP) is 4.50. The van der Waals surface area contributed by atoms with E-state index in [9.17, 15) is 14.7 Å². The van der Waals surface area contributed by atoms with Gasteiger partial charge < -0.3 is 10.2 Å². The molecule has 0 spiro atoms. The third kappa shape index (κ3) is 8.62. The minimum absolute atomic E-state index is 0.110. The van der Waals surface area contributed by atoms with E-state index in [1.165, 1.54) is 25.7 Å². The molecule has 0 heterocycles. The monoisotopic (exact) mass is 338 g/mol. The number of carboxylic acids is 1.